The number of nitrogens with zero attached hydrogens (tertiary/aromatic N) is 6. The van der Waals surface area contributed by atoms with E-state index < -0.39 is 0 Å². The van der Waals surface area contributed by atoms with E-state index in [4.69, 9.17) is 10.1 Å². The molecule has 7 rings (SSSR count). The molecule has 0 spiro atoms. The molecule has 0 aromatic heterocycles. The van der Waals surface area contributed by atoms with Crippen LogP contribution in [0.2, 0.25) is 0 Å². The van der Waals surface area contributed by atoms with Gasteiger partial charge in [-0.15, -0.1) is 0 Å². The van der Waals surface area contributed by atoms with Gasteiger partial charge in [-0.1, -0.05) is 5.57 Å². The third kappa shape index (κ3) is 11.6. The lowest BCUT2D eigenvalue weighted by Crippen LogP contribution is -2.49. The zero-order chi connectivity index (χ0) is 43.6. The lowest BCUT2D eigenvalue weighted by Gasteiger charge is -2.38. The van der Waals surface area contributed by atoms with Gasteiger partial charge in [-0.2, -0.15) is 0 Å². The number of nitrogens with one attached hydrogen (secondary N) is 4. The molecule has 4 aliphatic heterocycles. The molecule has 1 unspecified atom stereocenters. The van der Waals surface area contributed by atoms with E-state index in [-0.39, 0.29) is 30.2 Å². The summed E-state index contributed by atoms with van der Waals surface area (Å²) in [7, 11) is 0. The molecular formula is C47H62N10O5. The molecule has 2 aliphatic carbocycles. The first-order chi connectivity index (χ1) is 30.1. The Kier molecular flexibility index (Phi) is 14.9. The molecule has 1 aromatic carbocycles. The first kappa shape index (κ1) is 44.3. The van der Waals surface area contributed by atoms with E-state index in [9.17, 15) is 19.2 Å². The van der Waals surface area contributed by atoms with Crippen molar-refractivity contribution in [1.29, 1.82) is 5.41 Å². The largest absolute Gasteiger partial charge is 0.491 e. The summed E-state index contributed by atoms with van der Waals surface area (Å²) in [6.07, 6.45) is 18.2. The number of piperidine rings is 1. The molecule has 62 heavy (non-hydrogen) atoms. The van der Waals surface area contributed by atoms with Crippen LogP contribution in [0.1, 0.15) is 69.7 Å². The molecular weight excluding hydrogens is 785 g/mol. The molecule has 2 saturated heterocycles. The summed E-state index contributed by atoms with van der Waals surface area (Å²) in [5.74, 6) is 1.00. The lowest BCUT2D eigenvalue weighted by atomic mass is 10.0. The third-order valence-corrected chi connectivity index (χ3v) is 12.5. The average molecular weight is 847 g/mol. The van der Waals surface area contributed by atoms with E-state index in [1.807, 2.05) is 80.6 Å². The summed E-state index contributed by atoms with van der Waals surface area (Å²) in [6.45, 7) is 15.5. The topological polar surface area (TPSA) is 166 Å². The Labute approximate surface area is 365 Å². The predicted molar refractivity (Wildman–Crippen MR) is 241 cm³/mol. The highest BCUT2D eigenvalue weighted by atomic mass is 16.5. The van der Waals surface area contributed by atoms with Crippen LogP contribution in [0.25, 0.3) is 0 Å². The highest BCUT2D eigenvalue weighted by Gasteiger charge is 2.29. The third-order valence-electron chi connectivity index (χ3n) is 12.5. The molecule has 4 amide bonds. The monoisotopic (exact) mass is 846 g/mol. The van der Waals surface area contributed by atoms with Gasteiger partial charge in [0.1, 0.15) is 11.6 Å². The highest BCUT2D eigenvalue weighted by Crippen LogP contribution is 2.32. The number of likely N-dealkylation sites (tertiary alicyclic amines) is 1. The van der Waals surface area contributed by atoms with E-state index in [0.29, 0.717) is 84.2 Å². The number of carbonyl (C=O) groups is 4. The van der Waals surface area contributed by atoms with Gasteiger partial charge < -0.3 is 40.4 Å². The smallest absolute Gasteiger partial charge is 0.259 e. The van der Waals surface area contributed by atoms with Gasteiger partial charge in [0.25, 0.3) is 11.8 Å². The van der Waals surface area contributed by atoms with E-state index >= 15 is 0 Å². The van der Waals surface area contributed by atoms with E-state index in [2.05, 4.69) is 35.6 Å². The van der Waals surface area contributed by atoms with Crippen molar-refractivity contribution < 1.29 is 23.9 Å². The van der Waals surface area contributed by atoms with Gasteiger partial charge in [-0.25, -0.2) is 4.99 Å². The molecule has 0 bridgehead atoms. The van der Waals surface area contributed by atoms with Crippen LogP contribution in [0.4, 0.5) is 5.69 Å². The van der Waals surface area contributed by atoms with Crippen molar-refractivity contribution in [2.75, 3.05) is 77.0 Å². The summed E-state index contributed by atoms with van der Waals surface area (Å²) >= 11 is 0. The lowest BCUT2D eigenvalue weighted by molar-refractivity contribution is -0.125. The molecule has 1 atom stereocenters. The minimum atomic E-state index is -0.340. The van der Waals surface area contributed by atoms with Crippen molar-refractivity contribution in [2.24, 2.45) is 10.9 Å². The van der Waals surface area contributed by atoms with Crippen LogP contribution in [-0.4, -0.2) is 140 Å². The Hall–Kier alpha value is -5.80. The SMILES string of the molecule is CCN(C(=O)c1ccc(N2CCN(CCN3CCC(N/C=C4/C=C(NC(=O)C5=C6N=CC=CN6CC(C)=C5)C(OCC5CC5)=CC4=N)CC3)CC2)cc1)C(C)CCC(=O)NC=O. The number of piperazine rings is 1. The summed E-state index contributed by atoms with van der Waals surface area (Å²) < 4.78 is 6.16. The Bertz CT molecular complexity index is 2060. The van der Waals surface area contributed by atoms with Gasteiger partial charge >= 0.3 is 0 Å². The number of ether oxygens (including phenoxy) is 1. The van der Waals surface area contributed by atoms with Crippen molar-refractivity contribution in [2.45, 2.75) is 71.4 Å². The molecule has 330 valence electrons. The normalized spacial score (nSPS) is 20.9. The zero-order valence-electron chi connectivity index (χ0n) is 36.4. The van der Waals surface area contributed by atoms with Gasteiger partial charge in [-0.05, 0) is 101 Å². The van der Waals surface area contributed by atoms with Crippen LogP contribution >= 0.6 is 0 Å². The Morgan fingerprint density at radius 3 is 2.40 bits per heavy atom. The second-order valence-electron chi connectivity index (χ2n) is 17.1. The maximum absolute atomic E-state index is 13.7. The molecule has 0 radical (unpaired) electrons. The molecule has 4 heterocycles. The van der Waals surface area contributed by atoms with Crippen molar-refractivity contribution in [3.63, 3.8) is 0 Å². The summed E-state index contributed by atoms with van der Waals surface area (Å²) in [6, 6.07) is 8.01. The Morgan fingerprint density at radius 1 is 0.984 bits per heavy atom. The van der Waals surface area contributed by atoms with Gasteiger partial charge in [0.2, 0.25) is 12.3 Å². The van der Waals surface area contributed by atoms with Crippen LogP contribution in [0, 0.1) is 11.3 Å². The maximum Gasteiger partial charge on any atom is 0.259 e. The number of fused-ring (bicyclic) bond motifs is 1. The fourth-order valence-corrected chi connectivity index (χ4v) is 8.47. The molecule has 6 aliphatic rings. The van der Waals surface area contributed by atoms with Crippen LogP contribution in [0.5, 0.6) is 0 Å². The number of allylic oxidation sites excluding steroid dienone is 4. The van der Waals surface area contributed by atoms with Gasteiger partial charge in [-0.3, -0.25) is 29.4 Å². The molecule has 3 fully saturated rings. The fourth-order valence-electron chi connectivity index (χ4n) is 8.47. The number of aliphatic imine (C=N–C) groups is 1. The Balaban J connectivity index is 0.851. The minimum Gasteiger partial charge on any atom is -0.491 e. The van der Waals surface area contributed by atoms with Crippen molar-refractivity contribution in [3.05, 3.63) is 101 Å². The first-order valence-corrected chi connectivity index (χ1v) is 22.2. The summed E-state index contributed by atoms with van der Waals surface area (Å²) in [4.78, 5) is 65.0. The number of benzene rings is 1. The number of anilines is 1. The predicted octanol–water partition coefficient (Wildman–Crippen LogP) is 4.07. The first-order valence-electron chi connectivity index (χ1n) is 22.2. The average Bonchev–Trinajstić information content (AvgIpc) is 4.12. The molecule has 15 heteroatoms. The molecule has 1 saturated carbocycles. The molecule has 15 nitrogen and oxygen atoms in total. The van der Waals surface area contributed by atoms with Gasteiger partial charge in [0.15, 0.2) is 0 Å². The van der Waals surface area contributed by atoms with Crippen LogP contribution in [0.15, 0.2) is 100.0 Å². The van der Waals surface area contributed by atoms with Gasteiger partial charge in [0, 0.05) is 125 Å². The van der Waals surface area contributed by atoms with E-state index in [1.165, 1.54) is 0 Å². The highest BCUT2D eigenvalue weighted by molar-refractivity contribution is 6.11. The van der Waals surface area contributed by atoms with Crippen LogP contribution in [0.3, 0.4) is 0 Å². The molecule has 4 N–H and O–H groups in total. The zero-order valence-corrected chi connectivity index (χ0v) is 36.4. The van der Waals surface area contributed by atoms with E-state index in [0.717, 1.165) is 89.3 Å². The van der Waals surface area contributed by atoms with Gasteiger partial charge in [0.05, 0.1) is 23.6 Å². The van der Waals surface area contributed by atoms with Crippen molar-refractivity contribution in [3.8, 4) is 0 Å². The standard InChI is InChI=1S/C47H62N10O5/c1-4-57(34(3)6-13-44(59)51-32-58)47(61)36-9-11-39(12-10-36)55-24-22-54(23-25-55)21-20-53-18-14-38(15-19-53)50-29-37-27-42(43(28-41(37)48)62-31-35-7-8-35)52-46(60)40-26-33(2)30-56-17-5-16-49-45(40)56/h5,9-12,16-17,26-29,32,34-35,38,48,50H,4,6-8,13-15,18-25,30-31H2,1-3H3,(H,52,60)(H,51,58,59)/b37-29-,48-41?. The minimum absolute atomic E-state index is 0.0609. The summed E-state index contributed by atoms with van der Waals surface area (Å²) in [5.41, 5.74) is 4.90. The number of rotatable bonds is 18. The van der Waals surface area contributed by atoms with Crippen LogP contribution < -0.4 is 20.9 Å². The number of carbonyl (C=O) groups excluding carboxylic acids is 4. The van der Waals surface area contributed by atoms with Crippen molar-refractivity contribution in [1.82, 2.24) is 35.6 Å². The quantitative estimate of drug-likeness (QED) is 0.159. The Morgan fingerprint density at radius 2 is 1.71 bits per heavy atom. The van der Waals surface area contributed by atoms with Crippen molar-refractivity contribution >= 4 is 41.7 Å². The second kappa shape index (κ2) is 20.8. The maximum atomic E-state index is 13.7. The number of hydrogen-bond donors (Lipinski definition) is 4. The van der Waals surface area contributed by atoms with Crippen LogP contribution in [-0.2, 0) is 19.1 Å². The molecule has 1 aromatic rings. The number of hydrogen-bond acceptors (Lipinski definition) is 12. The number of imide groups is 1. The van der Waals surface area contributed by atoms with E-state index in [1.54, 1.807) is 17.2 Å². The summed E-state index contributed by atoms with van der Waals surface area (Å²) in [5, 5.41) is 17.7. The second-order valence-corrected chi connectivity index (χ2v) is 17.1. The number of amides is 4. The fraction of sp³-hybridized carbons (Fsp3) is 0.489.